The van der Waals surface area contributed by atoms with Gasteiger partial charge in [0.2, 0.25) is 11.8 Å². The largest absolute Gasteiger partial charge is 0.436 e. The second-order valence-corrected chi connectivity index (χ2v) is 6.86. The van der Waals surface area contributed by atoms with E-state index in [1.807, 2.05) is 61.5 Å². The molecule has 134 valence electrons. The average molecular weight is 377 g/mol. The van der Waals surface area contributed by atoms with Crippen molar-refractivity contribution in [2.24, 2.45) is 0 Å². The predicted octanol–water partition coefficient (Wildman–Crippen LogP) is 5.64. The van der Waals surface area contributed by atoms with E-state index in [-0.39, 0.29) is 5.91 Å². The van der Waals surface area contributed by atoms with Gasteiger partial charge in [-0.3, -0.25) is 4.79 Å². The second-order valence-electron chi connectivity index (χ2n) is 6.42. The summed E-state index contributed by atoms with van der Waals surface area (Å²) in [5.74, 6) is 0.483. The number of nitrogens with zero attached hydrogens (tertiary/aromatic N) is 1. The first-order valence-corrected chi connectivity index (χ1v) is 8.96. The highest BCUT2D eigenvalue weighted by Gasteiger charge is 2.09. The van der Waals surface area contributed by atoms with Gasteiger partial charge in [-0.2, -0.15) is 0 Å². The Morgan fingerprint density at radius 1 is 1.04 bits per heavy atom. The van der Waals surface area contributed by atoms with Gasteiger partial charge in [0.05, 0.1) is 6.42 Å². The Hall–Kier alpha value is -3.11. The maximum absolute atomic E-state index is 12.2. The number of aryl methyl sites for hydroxylation is 1. The molecule has 0 saturated heterocycles. The van der Waals surface area contributed by atoms with Crippen LogP contribution in [0.4, 0.5) is 5.69 Å². The van der Waals surface area contributed by atoms with Gasteiger partial charge in [-0.05, 0) is 66.6 Å². The number of fused-ring (bicyclic) bond motifs is 1. The lowest BCUT2D eigenvalue weighted by Crippen LogP contribution is -2.14. The summed E-state index contributed by atoms with van der Waals surface area (Å²) in [6.45, 7) is 2.02. The van der Waals surface area contributed by atoms with Crippen molar-refractivity contribution in [1.82, 2.24) is 4.98 Å². The third kappa shape index (κ3) is 4.01. The fourth-order valence-electron chi connectivity index (χ4n) is 2.84. The number of anilines is 1. The number of hydrogen-bond acceptors (Lipinski definition) is 3. The van der Waals surface area contributed by atoms with Crippen molar-refractivity contribution in [2.45, 2.75) is 13.3 Å². The lowest BCUT2D eigenvalue weighted by atomic mass is 10.1. The number of benzene rings is 3. The van der Waals surface area contributed by atoms with E-state index in [0.29, 0.717) is 17.3 Å². The fraction of sp³-hybridized carbons (Fsp3) is 0.0909. The van der Waals surface area contributed by atoms with E-state index in [9.17, 15) is 4.79 Å². The average Bonchev–Trinajstić information content (AvgIpc) is 3.07. The topological polar surface area (TPSA) is 55.1 Å². The molecule has 4 aromatic rings. The van der Waals surface area contributed by atoms with Gasteiger partial charge < -0.3 is 9.73 Å². The SMILES string of the molecule is Cc1ccc2nc(-c3ccc(NC(=O)Cc4ccc(Cl)cc4)cc3)oc2c1. The summed E-state index contributed by atoms with van der Waals surface area (Å²) in [4.78, 5) is 16.7. The quantitative estimate of drug-likeness (QED) is 0.501. The molecule has 4 nitrogen and oxygen atoms in total. The predicted molar refractivity (Wildman–Crippen MR) is 108 cm³/mol. The van der Waals surface area contributed by atoms with E-state index in [1.165, 1.54) is 0 Å². The van der Waals surface area contributed by atoms with E-state index >= 15 is 0 Å². The maximum Gasteiger partial charge on any atom is 0.228 e. The number of aromatic nitrogens is 1. The molecule has 1 N–H and O–H groups in total. The summed E-state index contributed by atoms with van der Waals surface area (Å²) in [5, 5.41) is 3.55. The Kier molecular flexibility index (Phi) is 4.65. The van der Waals surface area contributed by atoms with Crippen LogP contribution in [0.5, 0.6) is 0 Å². The van der Waals surface area contributed by atoms with Gasteiger partial charge in [-0.15, -0.1) is 0 Å². The molecule has 0 unspecified atom stereocenters. The molecule has 1 heterocycles. The standard InChI is InChI=1S/C22H17ClN2O2/c1-14-2-11-19-20(12-14)27-22(25-19)16-5-9-18(10-6-16)24-21(26)13-15-3-7-17(23)8-4-15/h2-12H,13H2,1H3,(H,24,26). The molecule has 0 aliphatic carbocycles. The van der Waals surface area contributed by atoms with Crippen molar-refractivity contribution in [1.29, 1.82) is 0 Å². The van der Waals surface area contributed by atoms with Gasteiger partial charge in [0, 0.05) is 16.3 Å². The Morgan fingerprint density at radius 3 is 2.52 bits per heavy atom. The van der Waals surface area contributed by atoms with Crippen LogP contribution in [0.2, 0.25) is 5.02 Å². The first kappa shape index (κ1) is 17.3. The zero-order valence-corrected chi connectivity index (χ0v) is 15.5. The van der Waals surface area contributed by atoms with Crippen molar-refractivity contribution in [3.8, 4) is 11.5 Å². The van der Waals surface area contributed by atoms with E-state index in [4.69, 9.17) is 16.0 Å². The second kappa shape index (κ2) is 7.25. The highest BCUT2D eigenvalue weighted by Crippen LogP contribution is 2.26. The van der Waals surface area contributed by atoms with Gasteiger partial charge >= 0.3 is 0 Å². The molecule has 5 heteroatoms. The summed E-state index contributed by atoms with van der Waals surface area (Å²) in [6.07, 6.45) is 0.295. The Morgan fingerprint density at radius 2 is 1.78 bits per heavy atom. The summed E-state index contributed by atoms with van der Waals surface area (Å²) in [7, 11) is 0. The molecule has 0 spiro atoms. The first-order valence-electron chi connectivity index (χ1n) is 8.59. The van der Waals surface area contributed by atoms with Crippen LogP contribution >= 0.6 is 11.6 Å². The molecule has 27 heavy (non-hydrogen) atoms. The minimum Gasteiger partial charge on any atom is -0.436 e. The minimum atomic E-state index is -0.0811. The van der Waals surface area contributed by atoms with Gasteiger partial charge in [-0.25, -0.2) is 4.98 Å². The van der Waals surface area contributed by atoms with Gasteiger partial charge in [0.1, 0.15) is 5.52 Å². The van der Waals surface area contributed by atoms with Gasteiger partial charge in [-0.1, -0.05) is 29.8 Å². The van der Waals surface area contributed by atoms with Crippen molar-refractivity contribution in [2.75, 3.05) is 5.32 Å². The van der Waals surface area contributed by atoms with Crippen molar-refractivity contribution in [3.63, 3.8) is 0 Å². The number of oxazole rings is 1. The van der Waals surface area contributed by atoms with Crippen LogP contribution in [0, 0.1) is 6.92 Å². The van der Waals surface area contributed by atoms with Crippen LogP contribution in [0.15, 0.2) is 71.1 Å². The van der Waals surface area contributed by atoms with Crippen molar-refractivity contribution >= 4 is 34.3 Å². The van der Waals surface area contributed by atoms with Crippen LogP contribution in [0.3, 0.4) is 0 Å². The molecule has 0 radical (unpaired) electrons. The highest BCUT2D eigenvalue weighted by molar-refractivity contribution is 6.30. The zero-order chi connectivity index (χ0) is 18.8. The highest BCUT2D eigenvalue weighted by atomic mass is 35.5. The lowest BCUT2D eigenvalue weighted by molar-refractivity contribution is -0.115. The number of carbonyl (C=O) groups is 1. The number of rotatable bonds is 4. The molecular formula is C22H17ClN2O2. The molecule has 0 aliphatic heterocycles. The molecule has 0 bridgehead atoms. The van der Waals surface area contributed by atoms with E-state index < -0.39 is 0 Å². The van der Waals surface area contributed by atoms with Crippen LogP contribution in [-0.2, 0) is 11.2 Å². The molecule has 0 atom stereocenters. The minimum absolute atomic E-state index is 0.0811. The maximum atomic E-state index is 12.2. The zero-order valence-electron chi connectivity index (χ0n) is 14.7. The molecule has 3 aromatic carbocycles. The normalized spacial score (nSPS) is 10.9. The Bertz CT molecular complexity index is 1100. The smallest absolute Gasteiger partial charge is 0.228 e. The Labute approximate surface area is 161 Å². The molecule has 1 aromatic heterocycles. The first-order chi connectivity index (χ1) is 13.1. The Balaban J connectivity index is 1.46. The third-order valence-corrected chi connectivity index (χ3v) is 4.49. The van der Waals surface area contributed by atoms with Crippen LogP contribution < -0.4 is 5.32 Å². The summed E-state index contributed by atoms with van der Waals surface area (Å²) in [5.41, 5.74) is 5.23. The van der Waals surface area contributed by atoms with Crippen LogP contribution in [0.25, 0.3) is 22.6 Å². The van der Waals surface area contributed by atoms with E-state index in [0.717, 1.165) is 33.5 Å². The number of nitrogens with one attached hydrogen (secondary N) is 1. The number of hydrogen-bond donors (Lipinski definition) is 1. The van der Waals surface area contributed by atoms with Crippen LogP contribution in [-0.4, -0.2) is 10.9 Å². The molecular weight excluding hydrogens is 360 g/mol. The summed E-state index contributed by atoms with van der Waals surface area (Å²) >= 11 is 5.86. The van der Waals surface area contributed by atoms with Crippen molar-refractivity contribution < 1.29 is 9.21 Å². The molecule has 4 rings (SSSR count). The number of amides is 1. The molecule has 0 saturated carbocycles. The fourth-order valence-corrected chi connectivity index (χ4v) is 2.97. The van der Waals surface area contributed by atoms with E-state index in [1.54, 1.807) is 12.1 Å². The summed E-state index contributed by atoms with van der Waals surface area (Å²) < 4.78 is 5.84. The van der Waals surface area contributed by atoms with E-state index in [2.05, 4.69) is 10.3 Å². The van der Waals surface area contributed by atoms with Gasteiger partial charge in [0.25, 0.3) is 0 Å². The van der Waals surface area contributed by atoms with Gasteiger partial charge in [0.15, 0.2) is 5.58 Å². The molecule has 1 amide bonds. The molecule has 0 fully saturated rings. The number of carbonyl (C=O) groups excluding carboxylic acids is 1. The molecule has 0 aliphatic rings. The van der Waals surface area contributed by atoms with Crippen molar-refractivity contribution in [3.05, 3.63) is 82.9 Å². The third-order valence-electron chi connectivity index (χ3n) is 4.24. The monoisotopic (exact) mass is 376 g/mol. The summed E-state index contributed by atoms with van der Waals surface area (Å²) in [6, 6.07) is 20.6. The lowest BCUT2D eigenvalue weighted by Gasteiger charge is -2.06. The number of halogens is 1. The van der Waals surface area contributed by atoms with Crippen LogP contribution in [0.1, 0.15) is 11.1 Å².